The molecule has 0 bridgehead atoms. The van der Waals surface area contributed by atoms with Gasteiger partial charge in [0.15, 0.2) is 0 Å². The van der Waals surface area contributed by atoms with Crippen LogP contribution in [-0.2, 0) is 11.3 Å². The molecule has 7 nitrogen and oxygen atoms in total. The smallest absolute Gasteiger partial charge is 0.339 e. The topological polar surface area (TPSA) is 91.0 Å². The van der Waals surface area contributed by atoms with Crippen LogP contribution in [0, 0.1) is 6.92 Å². The zero-order valence-electron chi connectivity index (χ0n) is 18.2. The number of hydrogen-bond donors (Lipinski definition) is 1. The summed E-state index contributed by atoms with van der Waals surface area (Å²) in [6.45, 7) is 2.13. The molecule has 0 radical (unpaired) electrons. The van der Waals surface area contributed by atoms with Gasteiger partial charge in [-0.2, -0.15) is 0 Å². The van der Waals surface area contributed by atoms with Crippen LogP contribution in [0.3, 0.4) is 0 Å². The van der Waals surface area contributed by atoms with E-state index in [0.717, 1.165) is 36.3 Å². The number of carboxylic acid groups (broad SMARTS) is 1. The van der Waals surface area contributed by atoms with Crippen molar-refractivity contribution in [1.82, 2.24) is 4.98 Å². The molecule has 2 aromatic carbocycles. The van der Waals surface area contributed by atoms with Crippen molar-refractivity contribution in [1.29, 1.82) is 0 Å². The van der Waals surface area contributed by atoms with Crippen LogP contribution in [0.1, 0.15) is 47.3 Å². The Hall–Kier alpha value is -3.32. The van der Waals surface area contributed by atoms with Crippen molar-refractivity contribution in [3.8, 4) is 23.0 Å². The van der Waals surface area contributed by atoms with E-state index in [-0.39, 0.29) is 17.8 Å². The lowest BCUT2D eigenvalue weighted by Crippen LogP contribution is -2.30. The zero-order valence-corrected chi connectivity index (χ0v) is 18.2. The van der Waals surface area contributed by atoms with Crippen LogP contribution in [-0.4, -0.2) is 35.4 Å². The molecule has 1 aliphatic rings. The van der Waals surface area contributed by atoms with E-state index in [4.69, 9.17) is 18.6 Å². The van der Waals surface area contributed by atoms with Gasteiger partial charge in [-0.3, -0.25) is 0 Å². The lowest BCUT2D eigenvalue weighted by Gasteiger charge is -2.30. The van der Waals surface area contributed by atoms with E-state index < -0.39 is 5.97 Å². The summed E-state index contributed by atoms with van der Waals surface area (Å²) in [6.07, 6.45) is 5.02. The third-order valence-corrected chi connectivity index (χ3v) is 5.68. The molecule has 32 heavy (non-hydrogen) atoms. The first-order valence-electron chi connectivity index (χ1n) is 10.7. The van der Waals surface area contributed by atoms with E-state index in [2.05, 4.69) is 4.98 Å². The Morgan fingerprint density at radius 2 is 1.94 bits per heavy atom. The summed E-state index contributed by atoms with van der Waals surface area (Å²) in [5.41, 5.74) is 2.52. The highest BCUT2D eigenvalue weighted by Crippen LogP contribution is 2.30. The zero-order chi connectivity index (χ0) is 22.5. The van der Waals surface area contributed by atoms with Crippen LogP contribution in [0.4, 0.5) is 0 Å². The van der Waals surface area contributed by atoms with E-state index in [9.17, 15) is 9.90 Å². The molecular formula is C25H27NO6. The van der Waals surface area contributed by atoms with Crippen LogP contribution in [0.15, 0.2) is 53.1 Å². The number of hydrogen-bond acceptors (Lipinski definition) is 6. The van der Waals surface area contributed by atoms with Gasteiger partial charge in [0.1, 0.15) is 35.1 Å². The van der Waals surface area contributed by atoms with Crippen LogP contribution < -0.4 is 9.47 Å². The van der Waals surface area contributed by atoms with Crippen molar-refractivity contribution in [2.45, 2.75) is 51.4 Å². The minimum atomic E-state index is -0.972. The molecule has 0 saturated heterocycles. The summed E-state index contributed by atoms with van der Waals surface area (Å²) in [5, 5.41) is 9.52. The van der Waals surface area contributed by atoms with Gasteiger partial charge in [-0.25, -0.2) is 9.78 Å². The second-order valence-electron chi connectivity index (χ2n) is 7.97. The van der Waals surface area contributed by atoms with Gasteiger partial charge < -0.3 is 23.7 Å². The van der Waals surface area contributed by atoms with Crippen LogP contribution in [0.25, 0.3) is 11.5 Å². The molecule has 1 heterocycles. The second kappa shape index (κ2) is 9.87. The van der Waals surface area contributed by atoms with Crippen molar-refractivity contribution < 1.29 is 28.5 Å². The fraction of sp³-hybridized carbons (Fsp3) is 0.360. The van der Waals surface area contributed by atoms with E-state index >= 15 is 0 Å². The summed E-state index contributed by atoms with van der Waals surface area (Å²) in [4.78, 5) is 16.1. The first-order chi connectivity index (χ1) is 15.5. The molecule has 3 aromatic rings. The normalized spacial score (nSPS) is 18.3. The number of ether oxygens (including phenoxy) is 3. The summed E-state index contributed by atoms with van der Waals surface area (Å²) < 4.78 is 22.9. The van der Waals surface area contributed by atoms with E-state index in [1.54, 1.807) is 32.4 Å². The van der Waals surface area contributed by atoms with Gasteiger partial charge >= 0.3 is 5.97 Å². The molecule has 168 valence electrons. The lowest BCUT2D eigenvalue weighted by atomic mass is 9.94. The number of methoxy groups -OCH3 is 1. The molecule has 1 saturated carbocycles. The highest BCUT2D eigenvalue weighted by atomic mass is 16.5. The van der Waals surface area contributed by atoms with Gasteiger partial charge in [0, 0.05) is 12.0 Å². The predicted molar refractivity (Wildman–Crippen MR) is 118 cm³/mol. The Kier molecular flexibility index (Phi) is 6.75. The molecule has 2 unspecified atom stereocenters. The molecule has 0 spiro atoms. The maximum absolute atomic E-state index is 11.6. The summed E-state index contributed by atoms with van der Waals surface area (Å²) in [5.74, 6) is 0.764. The van der Waals surface area contributed by atoms with Crippen molar-refractivity contribution in [2.75, 3.05) is 7.11 Å². The maximum atomic E-state index is 11.6. The number of benzene rings is 2. The molecule has 0 amide bonds. The quantitative estimate of drug-likeness (QED) is 0.514. The fourth-order valence-corrected chi connectivity index (χ4v) is 4.00. The van der Waals surface area contributed by atoms with Crippen molar-refractivity contribution >= 4 is 5.97 Å². The largest absolute Gasteiger partial charge is 0.497 e. The maximum Gasteiger partial charge on any atom is 0.339 e. The highest BCUT2D eigenvalue weighted by molar-refractivity contribution is 5.92. The number of carboxylic acids is 1. The van der Waals surface area contributed by atoms with Crippen molar-refractivity contribution in [3.05, 3.63) is 65.5 Å². The monoisotopic (exact) mass is 437 g/mol. The first-order valence-corrected chi connectivity index (χ1v) is 10.7. The van der Waals surface area contributed by atoms with Crippen molar-refractivity contribution in [3.63, 3.8) is 0 Å². The van der Waals surface area contributed by atoms with E-state index in [1.165, 1.54) is 0 Å². The SMILES string of the molecule is COc1ccc(-c2nc(COC3CCCC(Oc4cccc(C)c4C(=O)O)C3)co2)cc1. The number of aromatic carboxylic acids is 1. The minimum Gasteiger partial charge on any atom is -0.497 e. The Morgan fingerprint density at radius 3 is 2.69 bits per heavy atom. The summed E-state index contributed by atoms with van der Waals surface area (Å²) in [6, 6.07) is 12.8. The summed E-state index contributed by atoms with van der Waals surface area (Å²) in [7, 11) is 1.63. The van der Waals surface area contributed by atoms with Gasteiger partial charge in [0.2, 0.25) is 5.89 Å². The second-order valence-corrected chi connectivity index (χ2v) is 7.97. The standard InChI is InChI=1S/C25H27NO6/c1-16-5-3-8-22(23(16)25(27)28)32-21-7-4-6-20(13-21)30-14-18-15-31-24(26-18)17-9-11-19(29-2)12-10-17/h3,5,8-12,15,20-21H,4,6-7,13-14H2,1-2H3,(H,27,28). The average molecular weight is 437 g/mol. The third-order valence-electron chi connectivity index (χ3n) is 5.68. The van der Waals surface area contributed by atoms with Gasteiger partial charge in [-0.05, 0) is 62.1 Å². The number of aromatic nitrogens is 1. The van der Waals surface area contributed by atoms with Crippen LogP contribution in [0.2, 0.25) is 0 Å². The fourth-order valence-electron chi connectivity index (χ4n) is 4.00. The van der Waals surface area contributed by atoms with Gasteiger partial charge in [-0.15, -0.1) is 0 Å². The third kappa shape index (κ3) is 5.11. The van der Waals surface area contributed by atoms with Gasteiger partial charge in [0.25, 0.3) is 0 Å². The minimum absolute atomic E-state index is 0.0213. The first kappa shape index (κ1) is 21.9. The Morgan fingerprint density at radius 1 is 1.16 bits per heavy atom. The van der Waals surface area contributed by atoms with Gasteiger partial charge in [0.05, 0.1) is 19.8 Å². The number of rotatable bonds is 8. The Bertz CT molecular complexity index is 1060. The molecule has 7 heteroatoms. The molecular weight excluding hydrogens is 410 g/mol. The van der Waals surface area contributed by atoms with Crippen LogP contribution in [0.5, 0.6) is 11.5 Å². The highest BCUT2D eigenvalue weighted by Gasteiger charge is 2.26. The Labute approximate surface area is 186 Å². The molecule has 0 aliphatic heterocycles. The molecule has 1 aliphatic carbocycles. The number of aryl methyl sites for hydroxylation is 1. The Balaban J connectivity index is 1.34. The molecule has 2 atom stereocenters. The predicted octanol–water partition coefficient (Wildman–Crippen LogP) is 5.26. The number of carbonyl (C=O) groups is 1. The lowest BCUT2D eigenvalue weighted by molar-refractivity contribution is -0.0176. The van der Waals surface area contributed by atoms with Crippen LogP contribution >= 0.6 is 0 Å². The summed E-state index contributed by atoms with van der Waals surface area (Å²) >= 11 is 0. The molecule has 1 N–H and O–H groups in total. The molecule has 1 aromatic heterocycles. The molecule has 1 fully saturated rings. The van der Waals surface area contributed by atoms with Gasteiger partial charge in [-0.1, -0.05) is 12.1 Å². The number of nitrogens with zero attached hydrogens (tertiary/aromatic N) is 1. The average Bonchev–Trinajstić information content (AvgIpc) is 3.27. The molecule has 4 rings (SSSR count). The van der Waals surface area contributed by atoms with E-state index in [0.29, 0.717) is 30.2 Å². The van der Waals surface area contributed by atoms with Crippen molar-refractivity contribution in [2.24, 2.45) is 0 Å². The van der Waals surface area contributed by atoms with E-state index in [1.807, 2.05) is 30.3 Å². The number of oxazole rings is 1.